The van der Waals surface area contributed by atoms with Gasteiger partial charge >= 0.3 is 5.76 Å². The summed E-state index contributed by atoms with van der Waals surface area (Å²) < 4.78 is 4.67. The smallest absolute Gasteiger partial charge is 0.332 e. The highest BCUT2D eigenvalue weighted by Gasteiger charge is 2.50. The number of nitrogens with zero attached hydrogens (tertiary/aromatic N) is 2. The minimum atomic E-state index is -0.792. The van der Waals surface area contributed by atoms with Crippen molar-refractivity contribution in [2.75, 3.05) is 0 Å². The Balaban J connectivity index is 1.85. The molecule has 32 heavy (non-hydrogen) atoms. The van der Waals surface area contributed by atoms with Crippen LogP contribution < -0.4 is 5.76 Å². The number of H-pyrrole nitrogens is 1. The van der Waals surface area contributed by atoms with Crippen LogP contribution >= 0.6 is 23.2 Å². The number of benzene rings is 2. The molecule has 2 heterocycles. The van der Waals surface area contributed by atoms with Crippen LogP contribution in [0.5, 0.6) is 0 Å². The highest BCUT2D eigenvalue weighted by atomic mass is 35.5. The molecule has 3 unspecified atom stereocenters. The van der Waals surface area contributed by atoms with E-state index < -0.39 is 11.2 Å². The van der Waals surface area contributed by atoms with E-state index in [0.29, 0.717) is 22.3 Å². The minimum absolute atomic E-state index is 0.00887. The lowest BCUT2D eigenvalue weighted by Crippen LogP contribution is -2.55. The maximum absolute atomic E-state index is 13.9. The van der Waals surface area contributed by atoms with E-state index in [2.05, 4.69) is 14.7 Å². The number of amides is 1. The zero-order chi connectivity index (χ0) is 23.0. The van der Waals surface area contributed by atoms with Crippen LogP contribution in [0.2, 0.25) is 10.0 Å². The molecule has 168 valence electrons. The third-order valence-electron chi connectivity index (χ3n) is 6.19. The maximum Gasteiger partial charge on any atom is 0.438 e. The summed E-state index contributed by atoms with van der Waals surface area (Å²) in [5, 5.41) is 5.10. The normalized spacial score (nSPS) is 23.7. The van der Waals surface area contributed by atoms with Gasteiger partial charge in [0.2, 0.25) is 5.91 Å². The Bertz CT molecular complexity index is 1170. The number of hydrogen-bond acceptors (Lipinski definition) is 4. The predicted molar refractivity (Wildman–Crippen MR) is 124 cm³/mol. The van der Waals surface area contributed by atoms with E-state index in [4.69, 9.17) is 23.2 Å². The Morgan fingerprint density at radius 1 is 1.12 bits per heavy atom. The molecule has 1 aromatic heterocycles. The van der Waals surface area contributed by atoms with Crippen molar-refractivity contribution in [1.82, 2.24) is 15.0 Å². The van der Waals surface area contributed by atoms with E-state index in [-0.39, 0.29) is 30.3 Å². The van der Waals surface area contributed by atoms with Crippen molar-refractivity contribution in [2.45, 2.75) is 51.6 Å². The molecule has 3 atom stereocenters. The Labute approximate surface area is 196 Å². The lowest BCUT2D eigenvalue weighted by molar-refractivity contribution is -0.153. The van der Waals surface area contributed by atoms with Crippen LogP contribution in [0.15, 0.2) is 57.8 Å². The van der Waals surface area contributed by atoms with Crippen LogP contribution in [0.25, 0.3) is 0 Å². The number of halogens is 2. The van der Waals surface area contributed by atoms with Crippen molar-refractivity contribution in [3.05, 3.63) is 86.1 Å². The number of aromatic amines is 1. The zero-order valence-electron chi connectivity index (χ0n) is 18.1. The summed E-state index contributed by atoms with van der Waals surface area (Å²) >= 11 is 12.5. The molecule has 4 rings (SSSR count). The molecule has 0 radical (unpaired) electrons. The second-order valence-corrected chi connectivity index (χ2v) is 9.82. The SMILES string of the molecule is CC(C)N1C(=O)C(C)(Cc2noc(=O)[nH]2)CC(c2cccc(Cl)c2)C1c1ccc(Cl)cc1. The molecule has 1 fully saturated rings. The third kappa shape index (κ3) is 4.34. The van der Waals surface area contributed by atoms with Crippen molar-refractivity contribution in [1.29, 1.82) is 0 Å². The molecule has 1 N–H and O–H groups in total. The van der Waals surface area contributed by atoms with Gasteiger partial charge in [-0.15, -0.1) is 0 Å². The first kappa shape index (κ1) is 22.6. The second kappa shape index (κ2) is 8.75. The first-order valence-corrected chi connectivity index (χ1v) is 11.3. The fourth-order valence-corrected chi connectivity index (χ4v) is 5.14. The number of hydrogen-bond donors (Lipinski definition) is 1. The summed E-state index contributed by atoms with van der Waals surface area (Å²) in [5.74, 6) is -0.282. The van der Waals surface area contributed by atoms with Crippen molar-refractivity contribution >= 4 is 29.1 Å². The molecule has 3 aromatic rings. The lowest BCUT2D eigenvalue weighted by Gasteiger charge is -2.51. The van der Waals surface area contributed by atoms with E-state index in [0.717, 1.165) is 11.1 Å². The number of likely N-dealkylation sites (tertiary alicyclic amines) is 1. The molecular weight excluding hydrogens is 449 g/mol. The van der Waals surface area contributed by atoms with Gasteiger partial charge in [-0.2, -0.15) is 0 Å². The van der Waals surface area contributed by atoms with Crippen molar-refractivity contribution in [2.24, 2.45) is 5.41 Å². The average molecular weight is 474 g/mol. The van der Waals surface area contributed by atoms with E-state index in [1.165, 1.54) is 0 Å². The van der Waals surface area contributed by atoms with Crippen LogP contribution in [0.4, 0.5) is 0 Å². The van der Waals surface area contributed by atoms with E-state index >= 15 is 0 Å². The number of piperidine rings is 1. The van der Waals surface area contributed by atoms with Crippen molar-refractivity contribution in [3.63, 3.8) is 0 Å². The number of aromatic nitrogens is 2. The quantitative estimate of drug-likeness (QED) is 0.538. The molecule has 6 nitrogen and oxygen atoms in total. The summed E-state index contributed by atoms with van der Waals surface area (Å²) in [5.41, 5.74) is 1.27. The highest BCUT2D eigenvalue weighted by Crippen LogP contribution is 2.51. The molecule has 1 saturated heterocycles. The third-order valence-corrected chi connectivity index (χ3v) is 6.68. The molecule has 0 bridgehead atoms. The predicted octanol–water partition coefficient (Wildman–Crippen LogP) is 5.38. The Hall–Kier alpha value is -2.57. The van der Waals surface area contributed by atoms with Crippen molar-refractivity contribution < 1.29 is 9.32 Å². The summed E-state index contributed by atoms with van der Waals surface area (Å²) in [6.45, 7) is 5.95. The van der Waals surface area contributed by atoms with Gasteiger partial charge in [0.1, 0.15) is 0 Å². The zero-order valence-corrected chi connectivity index (χ0v) is 19.7. The van der Waals surface area contributed by atoms with Gasteiger partial charge in [0.05, 0.1) is 11.5 Å². The fourth-order valence-electron chi connectivity index (χ4n) is 4.82. The van der Waals surface area contributed by atoms with Gasteiger partial charge in [-0.1, -0.05) is 59.5 Å². The van der Waals surface area contributed by atoms with Crippen LogP contribution in [0.1, 0.15) is 56.1 Å². The molecular formula is C24H25Cl2N3O3. The second-order valence-electron chi connectivity index (χ2n) is 8.95. The van der Waals surface area contributed by atoms with Gasteiger partial charge in [0, 0.05) is 28.4 Å². The summed E-state index contributed by atoms with van der Waals surface area (Å²) in [4.78, 5) is 29.9. The summed E-state index contributed by atoms with van der Waals surface area (Å²) in [7, 11) is 0. The van der Waals surface area contributed by atoms with Gasteiger partial charge in [-0.05, 0) is 55.7 Å². The highest BCUT2D eigenvalue weighted by molar-refractivity contribution is 6.30. The molecule has 8 heteroatoms. The van der Waals surface area contributed by atoms with Crippen LogP contribution in [-0.4, -0.2) is 27.0 Å². The van der Waals surface area contributed by atoms with Crippen molar-refractivity contribution in [3.8, 4) is 0 Å². The molecule has 1 amide bonds. The van der Waals surface area contributed by atoms with Crippen LogP contribution in [0, 0.1) is 5.41 Å². The molecule has 0 aliphatic carbocycles. The van der Waals surface area contributed by atoms with Gasteiger partial charge in [0.25, 0.3) is 0 Å². The standard InChI is InChI=1S/C24H25Cl2N3O3/c1-14(2)29-21(15-7-9-17(25)10-8-15)19(16-5-4-6-18(26)11-16)12-24(3,22(29)30)13-20-27-23(31)32-28-20/h4-11,14,19,21H,12-13H2,1-3H3,(H,27,28,31). The van der Waals surface area contributed by atoms with Gasteiger partial charge in [0.15, 0.2) is 5.82 Å². The number of carbonyl (C=O) groups excluding carboxylic acids is 1. The van der Waals surface area contributed by atoms with Gasteiger partial charge in [-0.25, -0.2) is 4.79 Å². The average Bonchev–Trinajstić information content (AvgIpc) is 3.14. The van der Waals surface area contributed by atoms with Gasteiger partial charge in [-0.3, -0.25) is 14.3 Å². The van der Waals surface area contributed by atoms with Crippen LogP contribution in [0.3, 0.4) is 0 Å². The topological polar surface area (TPSA) is 79.2 Å². The molecule has 1 aliphatic heterocycles. The summed E-state index contributed by atoms with van der Waals surface area (Å²) in [6, 6.07) is 15.2. The molecule has 1 aliphatic rings. The fraction of sp³-hybridized carbons (Fsp3) is 0.375. The first-order valence-electron chi connectivity index (χ1n) is 10.6. The molecule has 0 saturated carbocycles. The number of carbonyl (C=O) groups is 1. The van der Waals surface area contributed by atoms with E-state index in [1.807, 2.05) is 74.2 Å². The molecule has 0 spiro atoms. The Morgan fingerprint density at radius 2 is 1.84 bits per heavy atom. The monoisotopic (exact) mass is 473 g/mol. The Morgan fingerprint density at radius 3 is 2.44 bits per heavy atom. The van der Waals surface area contributed by atoms with Crippen LogP contribution in [-0.2, 0) is 11.2 Å². The first-order chi connectivity index (χ1) is 15.2. The lowest BCUT2D eigenvalue weighted by atomic mass is 9.67. The number of nitrogens with one attached hydrogen (secondary N) is 1. The molecule has 2 aromatic carbocycles. The largest absolute Gasteiger partial charge is 0.438 e. The van der Waals surface area contributed by atoms with Gasteiger partial charge < -0.3 is 4.90 Å². The maximum atomic E-state index is 13.9. The van der Waals surface area contributed by atoms with E-state index in [9.17, 15) is 9.59 Å². The number of rotatable bonds is 5. The Kier molecular flexibility index (Phi) is 6.19. The summed E-state index contributed by atoms with van der Waals surface area (Å²) in [6.07, 6.45) is 0.822. The van der Waals surface area contributed by atoms with E-state index in [1.54, 1.807) is 0 Å². The minimum Gasteiger partial charge on any atom is -0.332 e.